The number of fused-ring (bicyclic) bond motifs is 1. The smallest absolute Gasteiger partial charge is 0.182 e. The molecule has 90 valence electrons. The summed E-state index contributed by atoms with van der Waals surface area (Å²) in [5.41, 5.74) is 1.96. The van der Waals surface area contributed by atoms with Gasteiger partial charge in [0.2, 0.25) is 0 Å². The van der Waals surface area contributed by atoms with Gasteiger partial charge in [0.25, 0.3) is 0 Å². The van der Waals surface area contributed by atoms with Gasteiger partial charge in [0.15, 0.2) is 11.5 Å². The average Bonchev–Trinajstić information content (AvgIpc) is 2.73. The number of aromatic nitrogens is 3. The van der Waals surface area contributed by atoms with Gasteiger partial charge < -0.3 is 0 Å². The van der Waals surface area contributed by atoms with Gasteiger partial charge in [0.05, 0.1) is 0 Å². The Balaban J connectivity index is 2.22. The molecule has 3 nitrogen and oxygen atoms in total. The lowest BCUT2D eigenvalue weighted by Gasteiger charge is -1.95. The van der Waals surface area contributed by atoms with E-state index < -0.39 is 11.6 Å². The van der Waals surface area contributed by atoms with Crippen LogP contribution in [0.4, 0.5) is 8.78 Å². The third kappa shape index (κ3) is 1.73. The fourth-order valence-electron chi connectivity index (χ4n) is 1.84. The van der Waals surface area contributed by atoms with E-state index in [0.717, 1.165) is 11.6 Å². The average molecular weight is 245 g/mol. The molecule has 0 aliphatic rings. The van der Waals surface area contributed by atoms with Crippen LogP contribution in [0.25, 0.3) is 17.0 Å². The molecule has 18 heavy (non-hydrogen) atoms. The Morgan fingerprint density at radius 1 is 1.11 bits per heavy atom. The summed E-state index contributed by atoms with van der Waals surface area (Å²) in [6, 6.07) is 7.00. The topological polar surface area (TPSA) is 30.2 Å². The van der Waals surface area contributed by atoms with Crippen molar-refractivity contribution in [3.8, 4) is 11.4 Å². The first-order chi connectivity index (χ1) is 8.63. The van der Waals surface area contributed by atoms with Crippen molar-refractivity contribution in [2.45, 2.75) is 6.92 Å². The van der Waals surface area contributed by atoms with E-state index in [2.05, 4.69) is 10.1 Å². The summed E-state index contributed by atoms with van der Waals surface area (Å²) in [6.07, 6.45) is 1.74. The summed E-state index contributed by atoms with van der Waals surface area (Å²) in [4.78, 5) is 4.28. The Morgan fingerprint density at radius 3 is 2.50 bits per heavy atom. The molecule has 3 rings (SSSR count). The number of rotatable bonds is 1. The molecule has 0 spiro atoms. The van der Waals surface area contributed by atoms with Crippen molar-refractivity contribution >= 4 is 5.65 Å². The zero-order valence-electron chi connectivity index (χ0n) is 9.56. The van der Waals surface area contributed by atoms with E-state index in [1.807, 2.05) is 19.1 Å². The maximum Gasteiger partial charge on any atom is 0.182 e. The predicted octanol–water partition coefficient (Wildman–Crippen LogP) is 2.98. The number of hydrogen-bond acceptors (Lipinski definition) is 2. The lowest BCUT2D eigenvalue weighted by atomic mass is 10.2. The quantitative estimate of drug-likeness (QED) is 0.659. The van der Waals surface area contributed by atoms with Crippen LogP contribution in [-0.2, 0) is 0 Å². The zero-order valence-corrected chi connectivity index (χ0v) is 9.56. The summed E-state index contributed by atoms with van der Waals surface area (Å²) in [5.74, 6) is -0.969. The van der Waals surface area contributed by atoms with Crippen molar-refractivity contribution in [3.63, 3.8) is 0 Å². The van der Waals surface area contributed by atoms with E-state index in [1.54, 1.807) is 10.7 Å². The number of pyridine rings is 1. The van der Waals surface area contributed by atoms with Crippen LogP contribution < -0.4 is 0 Å². The Kier molecular flexibility index (Phi) is 2.33. The van der Waals surface area contributed by atoms with Gasteiger partial charge in [-0.15, -0.1) is 5.10 Å². The highest BCUT2D eigenvalue weighted by Gasteiger charge is 2.10. The maximum absolute atomic E-state index is 13.1. The Morgan fingerprint density at radius 2 is 1.83 bits per heavy atom. The molecule has 5 heteroatoms. The van der Waals surface area contributed by atoms with Gasteiger partial charge in [-0.2, -0.15) is 0 Å². The van der Waals surface area contributed by atoms with Gasteiger partial charge in [-0.25, -0.2) is 18.3 Å². The first-order valence-corrected chi connectivity index (χ1v) is 5.42. The highest BCUT2D eigenvalue weighted by atomic mass is 19.1. The number of nitrogens with zero attached hydrogens (tertiary/aromatic N) is 3. The van der Waals surface area contributed by atoms with Crippen molar-refractivity contribution in [2.75, 3.05) is 0 Å². The van der Waals surface area contributed by atoms with Crippen molar-refractivity contribution in [3.05, 3.63) is 53.7 Å². The largest absolute Gasteiger partial charge is 0.220 e. The van der Waals surface area contributed by atoms with Crippen molar-refractivity contribution in [1.82, 2.24) is 14.6 Å². The zero-order chi connectivity index (χ0) is 12.7. The second-order valence-corrected chi connectivity index (χ2v) is 4.05. The molecule has 0 saturated carbocycles. The molecule has 0 aliphatic heterocycles. The summed E-state index contributed by atoms with van der Waals surface area (Å²) in [5, 5.41) is 4.20. The van der Waals surface area contributed by atoms with Crippen LogP contribution in [0.5, 0.6) is 0 Å². The summed E-state index contributed by atoms with van der Waals surface area (Å²) in [7, 11) is 0. The lowest BCUT2D eigenvalue weighted by molar-refractivity contribution is 0.584. The molecule has 0 amide bonds. The Labute approximate surface area is 102 Å². The van der Waals surface area contributed by atoms with Crippen LogP contribution in [0.15, 0.2) is 36.5 Å². The number of benzene rings is 1. The molecule has 1 aromatic carbocycles. The minimum absolute atomic E-state index is 0.308. The Hall–Kier alpha value is -2.30. The third-order valence-electron chi connectivity index (χ3n) is 2.68. The molecule has 0 aliphatic carbocycles. The molecule has 0 radical (unpaired) electrons. The van der Waals surface area contributed by atoms with Crippen molar-refractivity contribution in [2.24, 2.45) is 0 Å². The van der Waals surface area contributed by atoms with E-state index in [1.165, 1.54) is 12.1 Å². The van der Waals surface area contributed by atoms with E-state index in [4.69, 9.17) is 0 Å². The standard InChI is InChI=1S/C13H9F2N3/c1-8-3-2-4-18-13(8)16-12(17-18)9-5-10(14)7-11(15)6-9/h2-7H,1H3. The molecule has 0 unspecified atom stereocenters. The lowest BCUT2D eigenvalue weighted by Crippen LogP contribution is -1.88. The van der Waals surface area contributed by atoms with Gasteiger partial charge in [-0.1, -0.05) is 6.07 Å². The second kappa shape index (κ2) is 3.87. The molecule has 2 aromatic heterocycles. The van der Waals surface area contributed by atoms with Crippen molar-refractivity contribution < 1.29 is 8.78 Å². The number of aryl methyl sites for hydroxylation is 1. The fourth-order valence-corrected chi connectivity index (χ4v) is 1.84. The normalized spacial score (nSPS) is 11.1. The summed E-state index contributed by atoms with van der Waals surface area (Å²) >= 11 is 0. The molecule has 0 N–H and O–H groups in total. The van der Waals surface area contributed by atoms with Crippen LogP contribution in [0.3, 0.4) is 0 Å². The van der Waals surface area contributed by atoms with Gasteiger partial charge in [0.1, 0.15) is 11.6 Å². The van der Waals surface area contributed by atoms with E-state index in [-0.39, 0.29) is 0 Å². The molecule has 0 bridgehead atoms. The predicted molar refractivity (Wildman–Crippen MR) is 63.1 cm³/mol. The maximum atomic E-state index is 13.1. The van der Waals surface area contributed by atoms with Gasteiger partial charge in [-0.3, -0.25) is 0 Å². The minimum Gasteiger partial charge on any atom is -0.220 e. The van der Waals surface area contributed by atoms with E-state index >= 15 is 0 Å². The molecular weight excluding hydrogens is 236 g/mol. The molecule has 3 aromatic rings. The minimum atomic E-state index is -0.638. The molecular formula is C13H9F2N3. The van der Waals surface area contributed by atoms with Crippen LogP contribution in [-0.4, -0.2) is 14.6 Å². The highest BCUT2D eigenvalue weighted by molar-refractivity contribution is 5.59. The highest BCUT2D eigenvalue weighted by Crippen LogP contribution is 2.20. The SMILES string of the molecule is Cc1cccn2nc(-c3cc(F)cc(F)c3)nc12. The van der Waals surface area contributed by atoms with Crippen LogP contribution in [0.2, 0.25) is 0 Å². The van der Waals surface area contributed by atoms with E-state index in [0.29, 0.717) is 17.0 Å². The molecule has 0 fully saturated rings. The molecule has 0 atom stereocenters. The first kappa shape index (κ1) is 10.8. The van der Waals surface area contributed by atoms with Crippen LogP contribution in [0.1, 0.15) is 5.56 Å². The number of hydrogen-bond donors (Lipinski definition) is 0. The number of halogens is 2. The Bertz CT molecular complexity index is 714. The molecule has 2 heterocycles. The van der Waals surface area contributed by atoms with Crippen molar-refractivity contribution in [1.29, 1.82) is 0 Å². The summed E-state index contributed by atoms with van der Waals surface area (Å²) in [6.45, 7) is 1.90. The van der Waals surface area contributed by atoms with Gasteiger partial charge in [-0.05, 0) is 30.7 Å². The van der Waals surface area contributed by atoms with Gasteiger partial charge >= 0.3 is 0 Å². The molecule has 0 saturated heterocycles. The van der Waals surface area contributed by atoms with Gasteiger partial charge in [0, 0.05) is 17.8 Å². The van der Waals surface area contributed by atoms with Crippen LogP contribution in [0, 0.1) is 18.6 Å². The first-order valence-electron chi connectivity index (χ1n) is 5.42. The summed E-state index contributed by atoms with van der Waals surface area (Å²) < 4.78 is 27.9. The fraction of sp³-hybridized carbons (Fsp3) is 0.0769. The second-order valence-electron chi connectivity index (χ2n) is 4.05. The third-order valence-corrected chi connectivity index (χ3v) is 2.68. The van der Waals surface area contributed by atoms with E-state index in [9.17, 15) is 8.78 Å². The van der Waals surface area contributed by atoms with Crippen LogP contribution >= 0.6 is 0 Å². The monoisotopic (exact) mass is 245 g/mol.